The minimum atomic E-state index is 0.681. The molecule has 0 radical (unpaired) electrons. The fraction of sp³-hybridized carbons (Fsp3) is 0.250. The molecule has 0 aliphatic carbocycles. The first-order valence-corrected chi connectivity index (χ1v) is 11.7. The van der Waals surface area contributed by atoms with Crippen LogP contribution >= 0.6 is 11.9 Å². The van der Waals surface area contributed by atoms with E-state index in [9.17, 15) is 0 Å². The summed E-state index contributed by atoms with van der Waals surface area (Å²) >= 11 is 1.73. The molecule has 1 N–H and O–H groups in total. The van der Waals surface area contributed by atoms with Crippen LogP contribution in [-0.2, 0) is 19.6 Å². The Morgan fingerprint density at radius 1 is 1.03 bits per heavy atom. The third kappa shape index (κ3) is 4.57. The lowest BCUT2D eigenvalue weighted by atomic mass is 10.1. The first-order valence-electron chi connectivity index (χ1n) is 10.7. The molecule has 4 aromatic rings. The van der Waals surface area contributed by atoms with Crippen molar-refractivity contribution in [2.45, 2.75) is 19.6 Å². The van der Waals surface area contributed by atoms with E-state index in [2.05, 4.69) is 32.8 Å². The van der Waals surface area contributed by atoms with E-state index in [1.165, 1.54) is 5.56 Å². The molecule has 0 unspecified atom stereocenters. The Morgan fingerprint density at radius 3 is 2.75 bits per heavy atom. The number of hydrogen-bond donors (Lipinski definition) is 1. The highest BCUT2D eigenvalue weighted by Gasteiger charge is 2.26. The third-order valence-electron chi connectivity index (χ3n) is 5.48. The molecule has 1 aliphatic rings. The molecular weight excluding hydrogens is 418 g/mol. The smallest absolute Gasteiger partial charge is 0.160 e. The topological polar surface area (TPSA) is 71.8 Å². The Bertz CT molecular complexity index is 1180. The Hall–Kier alpha value is -3.07. The number of nitrogens with one attached hydrogen (secondary N) is 1. The molecule has 0 saturated carbocycles. The second kappa shape index (κ2) is 9.60. The van der Waals surface area contributed by atoms with E-state index >= 15 is 0 Å². The van der Waals surface area contributed by atoms with Gasteiger partial charge in [-0.1, -0.05) is 48.3 Å². The summed E-state index contributed by atoms with van der Waals surface area (Å²) in [4.78, 5) is 16.6. The molecule has 8 heteroatoms. The van der Waals surface area contributed by atoms with Gasteiger partial charge in [0.25, 0.3) is 0 Å². The van der Waals surface area contributed by atoms with Gasteiger partial charge in [0.15, 0.2) is 5.82 Å². The van der Waals surface area contributed by atoms with Crippen LogP contribution in [0, 0.1) is 0 Å². The van der Waals surface area contributed by atoms with Gasteiger partial charge < -0.3 is 0 Å². The monoisotopic (exact) mass is 443 g/mol. The number of fused-ring (bicyclic) bond motifs is 1. The number of nitrogens with zero attached hydrogens (tertiary/aromatic N) is 6. The second-order valence-electron chi connectivity index (χ2n) is 7.71. The minimum Gasteiger partial charge on any atom is -0.292 e. The van der Waals surface area contributed by atoms with Crippen molar-refractivity contribution in [1.82, 2.24) is 34.4 Å². The van der Waals surface area contributed by atoms with Gasteiger partial charge in [-0.3, -0.25) is 19.3 Å². The van der Waals surface area contributed by atoms with E-state index < -0.39 is 0 Å². The van der Waals surface area contributed by atoms with Gasteiger partial charge in [-0.15, -0.1) is 0 Å². The van der Waals surface area contributed by atoms with Crippen LogP contribution in [0.3, 0.4) is 0 Å². The molecule has 1 aromatic carbocycles. The van der Waals surface area contributed by atoms with Gasteiger partial charge in [-0.2, -0.15) is 5.10 Å². The van der Waals surface area contributed by atoms with Gasteiger partial charge in [-0.05, 0) is 24.7 Å². The van der Waals surface area contributed by atoms with Gasteiger partial charge in [-0.25, -0.2) is 9.97 Å². The van der Waals surface area contributed by atoms with Crippen LogP contribution < -0.4 is 4.72 Å². The molecule has 0 spiro atoms. The zero-order valence-electron chi connectivity index (χ0n) is 18.0. The number of rotatable bonds is 8. The minimum absolute atomic E-state index is 0.681. The molecule has 0 bridgehead atoms. The van der Waals surface area contributed by atoms with E-state index in [1.54, 1.807) is 18.1 Å². The molecule has 0 saturated heterocycles. The summed E-state index contributed by atoms with van der Waals surface area (Å²) in [6.45, 7) is 3.36. The molecule has 7 nitrogen and oxygen atoms in total. The van der Waals surface area contributed by atoms with Crippen molar-refractivity contribution >= 4 is 11.9 Å². The number of hydrogen-bond acceptors (Lipinski definition) is 7. The molecule has 1 aliphatic heterocycles. The molecule has 162 valence electrons. The number of aromatic nitrogens is 5. The molecular formula is C24H25N7S. The maximum Gasteiger partial charge on any atom is 0.160 e. The van der Waals surface area contributed by atoms with Crippen LogP contribution in [-0.4, -0.2) is 49.0 Å². The molecule has 0 fully saturated rings. The summed E-state index contributed by atoms with van der Waals surface area (Å²) in [5.41, 5.74) is 6.25. The summed E-state index contributed by atoms with van der Waals surface area (Å²) in [6.07, 6.45) is 5.67. The van der Waals surface area contributed by atoms with E-state index in [4.69, 9.17) is 15.1 Å². The maximum atomic E-state index is 4.99. The van der Waals surface area contributed by atoms with Crippen LogP contribution in [0.4, 0.5) is 0 Å². The van der Waals surface area contributed by atoms with Crippen molar-refractivity contribution in [3.05, 3.63) is 83.9 Å². The Balaban J connectivity index is 1.48. The average Bonchev–Trinajstić information content (AvgIpc) is 3.46. The van der Waals surface area contributed by atoms with Gasteiger partial charge >= 0.3 is 0 Å². The van der Waals surface area contributed by atoms with E-state index in [-0.39, 0.29) is 0 Å². The molecule has 0 amide bonds. The van der Waals surface area contributed by atoms with Gasteiger partial charge in [0.1, 0.15) is 5.69 Å². The number of pyridine rings is 1. The van der Waals surface area contributed by atoms with Crippen molar-refractivity contribution in [3.8, 4) is 22.8 Å². The summed E-state index contributed by atoms with van der Waals surface area (Å²) in [7, 11) is 1.96. The molecule has 32 heavy (non-hydrogen) atoms. The van der Waals surface area contributed by atoms with Crippen LogP contribution in [0.1, 0.15) is 16.8 Å². The Labute approximate surface area is 192 Å². The van der Waals surface area contributed by atoms with E-state index in [1.807, 2.05) is 54.5 Å². The summed E-state index contributed by atoms with van der Waals surface area (Å²) in [5.74, 6) is 1.78. The highest BCUT2D eigenvalue weighted by Crippen LogP contribution is 2.32. The fourth-order valence-electron chi connectivity index (χ4n) is 3.94. The first-order chi connectivity index (χ1) is 15.8. The number of benzene rings is 1. The molecule has 5 rings (SSSR count). The van der Waals surface area contributed by atoms with Crippen molar-refractivity contribution < 1.29 is 0 Å². The lowest BCUT2D eigenvalue weighted by Crippen LogP contribution is -2.20. The molecule has 3 aromatic heterocycles. The lowest BCUT2D eigenvalue weighted by molar-refractivity contribution is 0.302. The van der Waals surface area contributed by atoms with Crippen LogP contribution in [0.15, 0.2) is 67.1 Å². The third-order valence-corrected chi connectivity index (χ3v) is 6.16. The van der Waals surface area contributed by atoms with Crippen molar-refractivity contribution in [2.24, 2.45) is 0 Å². The predicted octanol–water partition coefficient (Wildman–Crippen LogP) is 3.63. The summed E-state index contributed by atoms with van der Waals surface area (Å²) in [5, 5.41) is 4.85. The van der Waals surface area contributed by atoms with Crippen LogP contribution in [0.2, 0.25) is 0 Å². The summed E-state index contributed by atoms with van der Waals surface area (Å²) < 4.78 is 5.09. The lowest BCUT2D eigenvalue weighted by Gasteiger charge is -2.13. The highest BCUT2D eigenvalue weighted by molar-refractivity contribution is 7.97. The largest absolute Gasteiger partial charge is 0.292 e. The normalized spacial score (nSPS) is 13.4. The highest BCUT2D eigenvalue weighted by atomic mass is 32.2. The van der Waals surface area contributed by atoms with Crippen LogP contribution in [0.25, 0.3) is 22.8 Å². The summed E-state index contributed by atoms with van der Waals surface area (Å²) in [6, 6.07) is 16.2. The zero-order valence-corrected chi connectivity index (χ0v) is 18.8. The van der Waals surface area contributed by atoms with Crippen molar-refractivity contribution in [2.75, 3.05) is 19.3 Å². The van der Waals surface area contributed by atoms with Crippen LogP contribution in [0.5, 0.6) is 0 Å². The Kier molecular flexibility index (Phi) is 6.24. The Morgan fingerprint density at radius 2 is 1.94 bits per heavy atom. The standard InChI is InChI=1S/C24H25N7S/c1-25-32-13-12-30-16-20-22(17-30)27-24(19-7-3-2-4-8-19)28-23(20)21-9-11-31(29-21)15-18-6-5-10-26-14-18/h2-11,14,25H,12-13,15-17H2,1H3. The van der Waals surface area contributed by atoms with E-state index in [0.29, 0.717) is 6.54 Å². The maximum absolute atomic E-state index is 4.99. The fourth-order valence-corrected chi connectivity index (χ4v) is 4.49. The molecule has 4 heterocycles. The van der Waals surface area contributed by atoms with E-state index in [0.717, 1.165) is 59.4 Å². The average molecular weight is 444 g/mol. The van der Waals surface area contributed by atoms with Gasteiger partial charge in [0, 0.05) is 55.1 Å². The molecule has 0 atom stereocenters. The predicted molar refractivity (Wildman–Crippen MR) is 128 cm³/mol. The zero-order chi connectivity index (χ0) is 21.8. The van der Waals surface area contributed by atoms with Gasteiger partial charge in [0.2, 0.25) is 0 Å². The quantitative estimate of drug-likeness (QED) is 0.329. The SMILES string of the molecule is CNSCCN1Cc2nc(-c3ccccc3)nc(-c3ccn(Cc4cccnc4)n3)c2C1. The van der Waals surface area contributed by atoms with Crippen molar-refractivity contribution in [3.63, 3.8) is 0 Å². The van der Waals surface area contributed by atoms with Gasteiger partial charge in [0.05, 0.1) is 17.9 Å². The first kappa shape index (κ1) is 20.8. The van der Waals surface area contributed by atoms with Crippen molar-refractivity contribution in [1.29, 1.82) is 0 Å². The second-order valence-corrected chi connectivity index (χ2v) is 8.82.